The molecule has 0 rings (SSSR count). The first-order valence-corrected chi connectivity index (χ1v) is 4.62. The third-order valence-electron chi connectivity index (χ3n) is 1.25. The summed E-state index contributed by atoms with van der Waals surface area (Å²) in [4.78, 5) is 23.1. The summed E-state index contributed by atoms with van der Waals surface area (Å²) in [7, 11) is 1.43. The Morgan fingerprint density at radius 3 is 2.50 bits per heavy atom. The van der Waals surface area contributed by atoms with Crippen molar-refractivity contribution >= 4 is 23.7 Å². The van der Waals surface area contributed by atoms with Gasteiger partial charge in [-0.2, -0.15) is 0 Å². The molecule has 0 aliphatic heterocycles. The van der Waals surface area contributed by atoms with Crippen LogP contribution >= 0.6 is 11.6 Å². The van der Waals surface area contributed by atoms with E-state index in [0.717, 1.165) is 4.90 Å². The molecule has 6 heteroatoms. The molecular weight excluding hydrogens is 210 g/mol. The standard InChI is InChI=1S/C8H14ClNO4/c1-4-13-7(11)5-10(3)8(12)14-6(2)9/h6H,4-5H2,1-3H3. The Morgan fingerprint density at radius 2 is 2.07 bits per heavy atom. The first kappa shape index (κ1) is 13.0. The van der Waals surface area contributed by atoms with Crippen molar-refractivity contribution in [2.24, 2.45) is 0 Å². The molecule has 0 saturated heterocycles. The maximum Gasteiger partial charge on any atom is 0.411 e. The Kier molecular flexibility index (Phi) is 6.03. The number of carbonyl (C=O) groups excluding carboxylic acids is 2. The van der Waals surface area contributed by atoms with Crippen LogP contribution < -0.4 is 0 Å². The summed E-state index contributed by atoms with van der Waals surface area (Å²) < 4.78 is 9.28. The highest BCUT2D eigenvalue weighted by atomic mass is 35.5. The van der Waals surface area contributed by atoms with E-state index >= 15 is 0 Å². The van der Waals surface area contributed by atoms with Gasteiger partial charge in [0.25, 0.3) is 0 Å². The summed E-state index contributed by atoms with van der Waals surface area (Å²) in [6, 6.07) is 0. The molecule has 0 aromatic carbocycles. The number of hydrogen-bond donors (Lipinski definition) is 0. The van der Waals surface area contributed by atoms with Crippen molar-refractivity contribution in [2.45, 2.75) is 19.4 Å². The van der Waals surface area contributed by atoms with E-state index in [1.807, 2.05) is 0 Å². The van der Waals surface area contributed by atoms with Crippen molar-refractivity contribution < 1.29 is 19.1 Å². The fraction of sp³-hybridized carbons (Fsp3) is 0.750. The highest BCUT2D eigenvalue weighted by molar-refractivity contribution is 6.19. The van der Waals surface area contributed by atoms with Crippen molar-refractivity contribution in [1.29, 1.82) is 0 Å². The molecule has 0 N–H and O–H groups in total. The Hall–Kier alpha value is -0.970. The van der Waals surface area contributed by atoms with Crippen LogP contribution in [0, 0.1) is 0 Å². The number of likely N-dealkylation sites (N-methyl/N-ethyl adjacent to an activating group) is 1. The van der Waals surface area contributed by atoms with E-state index in [1.165, 1.54) is 14.0 Å². The highest BCUT2D eigenvalue weighted by Crippen LogP contribution is 2.00. The van der Waals surface area contributed by atoms with Crippen molar-refractivity contribution in [3.63, 3.8) is 0 Å². The molecule has 0 bridgehead atoms. The predicted molar refractivity (Wildman–Crippen MR) is 51.1 cm³/mol. The van der Waals surface area contributed by atoms with Crippen LogP contribution in [-0.4, -0.2) is 42.7 Å². The van der Waals surface area contributed by atoms with Crippen molar-refractivity contribution in [3.8, 4) is 0 Å². The maximum absolute atomic E-state index is 11.1. The average Bonchev–Trinajstić information content (AvgIpc) is 2.02. The lowest BCUT2D eigenvalue weighted by Gasteiger charge is -2.16. The van der Waals surface area contributed by atoms with Gasteiger partial charge in [-0.3, -0.25) is 4.79 Å². The minimum Gasteiger partial charge on any atom is -0.465 e. The van der Waals surface area contributed by atoms with Gasteiger partial charge in [-0.05, 0) is 13.8 Å². The molecule has 1 atom stereocenters. The van der Waals surface area contributed by atoms with Gasteiger partial charge < -0.3 is 14.4 Å². The monoisotopic (exact) mass is 223 g/mol. The highest BCUT2D eigenvalue weighted by Gasteiger charge is 2.16. The van der Waals surface area contributed by atoms with Crippen molar-refractivity contribution in [1.82, 2.24) is 4.90 Å². The van der Waals surface area contributed by atoms with Gasteiger partial charge in [0.1, 0.15) is 6.54 Å². The molecule has 0 spiro atoms. The molecule has 0 radical (unpaired) electrons. The normalized spacial score (nSPS) is 11.7. The molecule has 1 unspecified atom stereocenters. The van der Waals surface area contributed by atoms with Crippen molar-refractivity contribution in [3.05, 3.63) is 0 Å². The molecule has 5 nitrogen and oxygen atoms in total. The molecular formula is C8H14ClNO4. The third-order valence-corrected chi connectivity index (χ3v) is 1.34. The summed E-state index contributed by atoms with van der Waals surface area (Å²) in [6.45, 7) is 3.35. The van der Waals surface area contributed by atoms with Gasteiger partial charge in [-0.15, -0.1) is 0 Å². The molecule has 1 amide bonds. The number of amides is 1. The molecule has 0 aromatic heterocycles. The Bertz CT molecular complexity index is 208. The lowest BCUT2D eigenvalue weighted by molar-refractivity contribution is -0.143. The van der Waals surface area contributed by atoms with E-state index in [1.54, 1.807) is 6.92 Å². The van der Waals surface area contributed by atoms with Gasteiger partial charge in [0.15, 0.2) is 5.56 Å². The van der Waals surface area contributed by atoms with E-state index in [4.69, 9.17) is 11.6 Å². The first-order chi connectivity index (χ1) is 6.47. The lowest BCUT2D eigenvalue weighted by atomic mass is 10.6. The number of nitrogens with zero attached hydrogens (tertiary/aromatic N) is 1. The quantitative estimate of drug-likeness (QED) is 0.531. The van der Waals surface area contributed by atoms with Crippen LogP contribution in [0.2, 0.25) is 0 Å². The molecule has 82 valence electrons. The van der Waals surface area contributed by atoms with Crippen molar-refractivity contribution in [2.75, 3.05) is 20.2 Å². The zero-order valence-electron chi connectivity index (χ0n) is 8.45. The van der Waals surface area contributed by atoms with Gasteiger partial charge in [-0.1, -0.05) is 11.6 Å². The van der Waals surface area contributed by atoms with Gasteiger partial charge in [0.05, 0.1) is 6.61 Å². The van der Waals surface area contributed by atoms with Gasteiger partial charge in [0.2, 0.25) is 0 Å². The summed E-state index contributed by atoms with van der Waals surface area (Å²) in [5.74, 6) is -0.478. The summed E-state index contributed by atoms with van der Waals surface area (Å²) >= 11 is 5.43. The maximum atomic E-state index is 11.1. The second kappa shape index (κ2) is 6.48. The van der Waals surface area contributed by atoms with E-state index in [-0.39, 0.29) is 13.2 Å². The zero-order chi connectivity index (χ0) is 11.1. The van der Waals surface area contributed by atoms with Crippen LogP contribution in [0.5, 0.6) is 0 Å². The lowest BCUT2D eigenvalue weighted by Crippen LogP contribution is -2.34. The zero-order valence-corrected chi connectivity index (χ0v) is 9.21. The average molecular weight is 224 g/mol. The van der Waals surface area contributed by atoms with Gasteiger partial charge in [-0.25, -0.2) is 4.79 Å². The number of hydrogen-bond acceptors (Lipinski definition) is 4. The Morgan fingerprint density at radius 1 is 1.50 bits per heavy atom. The summed E-state index contributed by atoms with van der Waals surface area (Å²) in [5.41, 5.74) is -0.716. The molecule has 0 aliphatic carbocycles. The molecule has 0 aromatic rings. The number of esters is 1. The summed E-state index contributed by atoms with van der Waals surface area (Å²) in [5, 5.41) is 0. The van der Waals surface area contributed by atoms with E-state index in [0.29, 0.717) is 0 Å². The van der Waals surface area contributed by atoms with Crippen LogP contribution in [-0.2, 0) is 14.3 Å². The van der Waals surface area contributed by atoms with Crippen LogP contribution in [0.4, 0.5) is 4.79 Å². The minimum atomic E-state index is -0.716. The number of halogens is 1. The topological polar surface area (TPSA) is 55.8 Å². The second-order valence-corrected chi connectivity index (χ2v) is 3.20. The Balaban J connectivity index is 3.88. The molecule has 0 fully saturated rings. The van der Waals surface area contributed by atoms with Gasteiger partial charge >= 0.3 is 12.1 Å². The number of rotatable bonds is 4. The largest absolute Gasteiger partial charge is 0.465 e. The van der Waals surface area contributed by atoms with E-state index < -0.39 is 17.6 Å². The SMILES string of the molecule is CCOC(=O)CN(C)C(=O)OC(C)Cl. The van der Waals surface area contributed by atoms with Crippen LogP contribution in [0.1, 0.15) is 13.8 Å². The smallest absolute Gasteiger partial charge is 0.411 e. The van der Waals surface area contributed by atoms with E-state index in [2.05, 4.69) is 9.47 Å². The second-order valence-electron chi connectivity index (χ2n) is 2.59. The van der Waals surface area contributed by atoms with Crippen LogP contribution in [0.25, 0.3) is 0 Å². The fourth-order valence-corrected chi connectivity index (χ4v) is 0.770. The van der Waals surface area contributed by atoms with E-state index in [9.17, 15) is 9.59 Å². The van der Waals surface area contributed by atoms with Gasteiger partial charge in [0, 0.05) is 7.05 Å². The summed E-state index contributed by atoms with van der Waals surface area (Å²) in [6.07, 6.45) is -0.652. The van der Waals surface area contributed by atoms with Crippen LogP contribution in [0.3, 0.4) is 0 Å². The first-order valence-electron chi connectivity index (χ1n) is 4.18. The number of alkyl halides is 1. The molecule has 0 saturated carbocycles. The molecule has 0 aliphatic rings. The van der Waals surface area contributed by atoms with Crippen LogP contribution in [0.15, 0.2) is 0 Å². The molecule has 0 heterocycles. The number of carbonyl (C=O) groups is 2. The molecule has 14 heavy (non-hydrogen) atoms. The Labute approximate surface area is 87.9 Å². The fourth-order valence-electron chi connectivity index (χ4n) is 0.694. The predicted octanol–water partition coefficient (Wildman–Crippen LogP) is 1.20. The minimum absolute atomic E-state index is 0.143. The third kappa shape index (κ3) is 5.64. The number of ether oxygens (including phenoxy) is 2.